The molecule has 0 radical (unpaired) electrons. The van der Waals surface area contributed by atoms with Gasteiger partial charge in [-0.05, 0) is 128 Å². The molecule has 0 spiro atoms. The first kappa shape index (κ1) is 58.0. The third-order valence-electron chi connectivity index (χ3n) is 12.0. The van der Waals surface area contributed by atoms with Crippen LogP contribution >= 0.6 is 0 Å². The largest absolute Gasteiger partial charge is 0.370 e. The van der Waals surface area contributed by atoms with Gasteiger partial charge in [0, 0.05) is 19.6 Å². The first-order chi connectivity index (χ1) is 31.8. The molecule has 8 amide bonds. The SMILES string of the molecule is CC(C)C[C@H](NC(=O)[C@H](CCCCN)NC(=O)[C@H](CCCN=C(N)N)NC(=O)[C@H](CCCCN)NC(=O)[C@H]1CCCN1C(=O)[C@@H](N)CCCN)C(=O)N[C@H](C(=O)N1CCC[C@@H]1C(N)=O)C(C)C. The van der Waals surface area contributed by atoms with E-state index in [0.29, 0.717) is 96.9 Å². The van der Waals surface area contributed by atoms with Crippen LogP contribution in [-0.4, -0.2) is 151 Å². The van der Waals surface area contributed by atoms with Crippen LogP contribution < -0.4 is 66.7 Å². The summed E-state index contributed by atoms with van der Waals surface area (Å²) in [6.45, 7) is 9.02. The molecule has 2 heterocycles. The third-order valence-corrected chi connectivity index (χ3v) is 12.0. The topological polar surface area (TPSA) is 398 Å². The maximum absolute atomic E-state index is 14.3. The summed E-state index contributed by atoms with van der Waals surface area (Å²) < 4.78 is 0. The van der Waals surface area contributed by atoms with Crippen molar-refractivity contribution in [2.24, 2.45) is 57.0 Å². The highest BCUT2D eigenvalue weighted by molar-refractivity contribution is 5.98. The molecule has 23 nitrogen and oxygen atoms in total. The van der Waals surface area contributed by atoms with E-state index in [4.69, 9.17) is 40.1 Å². The van der Waals surface area contributed by atoms with Crippen molar-refractivity contribution >= 4 is 53.2 Å². The minimum atomic E-state index is -1.24. The van der Waals surface area contributed by atoms with Gasteiger partial charge in [0.25, 0.3) is 0 Å². The smallest absolute Gasteiger partial charge is 0.246 e. The van der Waals surface area contributed by atoms with Gasteiger partial charge >= 0.3 is 0 Å². The number of hydrogen-bond acceptors (Lipinski definition) is 13. The minimum absolute atomic E-state index is 0.0250. The van der Waals surface area contributed by atoms with Gasteiger partial charge in [-0.3, -0.25) is 43.3 Å². The number of primary amides is 1. The Hall–Kier alpha value is -5.13. The Morgan fingerprint density at radius 2 is 1.03 bits per heavy atom. The van der Waals surface area contributed by atoms with E-state index < -0.39 is 89.7 Å². The van der Waals surface area contributed by atoms with Gasteiger partial charge in [-0.2, -0.15) is 0 Å². The monoisotopic (exact) mass is 950 g/mol. The lowest BCUT2D eigenvalue weighted by atomic mass is 9.98. The van der Waals surface area contributed by atoms with Crippen LogP contribution in [0.1, 0.15) is 124 Å². The Kier molecular flexibility index (Phi) is 26.2. The fraction of sp³-hybridized carbons (Fsp3) is 0.795. The van der Waals surface area contributed by atoms with Gasteiger partial charge in [0.2, 0.25) is 47.3 Å². The first-order valence-corrected chi connectivity index (χ1v) is 24.1. The average Bonchev–Trinajstić information content (AvgIpc) is 3.98. The molecule has 2 saturated heterocycles. The zero-order valence-electron chi connectivity index (χ0n) is 40.3. The quantitative estimate of drug-likeness (QED) is 0.0187. The van der Waals surface area contributed by atoms with Crippen LogP contribution in [0.4, 0.5) is 0 Å². The van der Waals surface area contributed by atoms with E-state index in [-0.39, 0.29) is 62.4 Å². The highest BCUT2D eigenvalue weighted by Crippen LogP contribution is 2.22. The van der Waals surface area contributed by atoms with Crippen LogP contribution in [0.3, 0.4) is 0 Å². The Morgan fingerprint density at radius 1 is 0.567 bits per heavy atom. The molecule has 2 fully saturated rings. The van der Waals surface area contributed by atoms with Crippen molar-refractivity contribution < 1.29 is 38.4 Å². The Morgan fingerprint density at radius 3 is 1.51 bits per heavy atom. The minimum Gasteiger partial charge on any atom is -0.370 e. The lowest BCUT2D eigenvalue weighted by Crippen LogP contribution is -2.60. The normalized spacial score (nSPS) is 18.6. The summed E-state index contributed by atoms with van der Waals surface area (Å²) in [5, 5.41) is 14.0. The fourth-order valence-corrected chi connectivity index (χ4v) is 8.33. The van der Waals surface area contributed by atoms with Crippen LogP contribution in [0.15, 0.2) is 4.99 Å². The summed E-state index contributed by atoms with van der Waals surface area (Å²) in [5.74, 6) is -5.32. The summed E-state index contributed by atoms with van der Waals surface area (Å²) in [4.78, 5) is 116. The molecule has 67 heavy (non-hydrogen) atoms. The molecule has 0 saturated carbocycles. The van der Waals surface area contributed by atoms with Gasteiger partial charge in [-0.1, -0.05) is 27.7 Å². The van der Waals surface area contributed by atoms with Crippen molar-refractivity contribution in [2.45, 2.75) is 172 Å². The number of amides is 8. The van der Waals surface area contributed by atoms with Crippen molar-refractivity contribution in [3.63, 3.8) is 0 Å². The van der Waals surface area contributed by atoms with Gasteiger partial charge in [-0.25, -0.2) is 0 Å². The summed E-state index contributed by atoms with van der Waals surface area (Å²) >= 11 is 0. The van der Waals surface area contributed by atoms with Crippen molar-refractivity contribution in [3.8, 4) is 0 Å². The highest BCUT2D eigenvalue weighted by atomic mass is 16.2. The Balaban J connectivity index is 2.39. The molecule has 0 bridgehead atoms. The van der Waals surface area contributed by atoms with Gasteiger partial charge < -0.3 is 76.5 Å². The first-order valence-electron chi connectivity index (χ1n) is 24.1. The number of nitrogens with one attached hydrogen (secondary N) is 5. The number of carbonyl (C=O) groups is 8. The van der Waals surface area contributed by atoms with Gasteiger partial charge in [0.1, 0.15) is 42.3 Å². The number of rotatable bonds is 31. The summed E-state index contributed by atoms with van der Waals surface area (Å²) in [6.07, 6.45) is 5.53. The molecular formula is C44H83N15O8. The Bertz CT molecular complexity index is 1660. The molecule has 382 valence electrons. The molecular weight excluding hydrogens is 867 g/mol. The second-order valence-electron chi connectivity index (χ2n) is 18.4. The number of guanidine groups is 1. The zero-order chi connectivity index (χ0) is 50.2. The summed E-state index contributed by atoms with van der Waals surface area (Å²) in [7, 11) is 0. The predicted molar refractivity (Wildman–Crippen MR) is 255 cm³/mol. The molecule has 0 aromatic heterocycles. The fourth-order valence-electron chi connectivity index (χ4n) is 8.33. The van der Waals surface area contributed by atoms with E-state index in [1.807, 2.05) is 13.8 Å². The molecule has 19 N–H and O–H groups in total. The number of likely N-dealkylation sites (tertiary alicyclic amines) is 2. The van der Waals surface area contributed by atoms with Gasteiger partial charge in [-0.15, -0.1) is 0 Å². The number of nitrogens with zero attached hydrogens (tertiary/aromatic N) is 3. The van der Waals surface area contributed by atoms with E-state index in [2.05, 4.69) is 31.6 Å². The number of carbonyl (C=O) groups excluding carboxylic acids is 8. The molecule has 2 aliphatic heterocycles. The average molecular weight is 950 g/mol. The molecule has 2 aliphatic rings. The van der Waals surface area contributed by atoms with E-state index in [0.717, 1.165) is 0 Å². The van der Waals surface area contributed by atoms with E-state index >= 15 is 0 Å². The van der Waals surface area contributed by atoms with Crippen molar-refractivity contribution in [3.05, 3.63) is 0 Å². The Labute approximate surface area is 395 Å². The number of nitrogens with two attached hydrogens (primary N) is 7. The maximum atomic E-state index is 14.3. The lowest BCUT2D eigenvalue weighted by Gasteiger charge is -2.31. The van der Waals surface area contributed by atoms with Gasteiger partial charge in [0.05, 0.1) is 6.04 Å². The van der Waals surface area contributed by atoms with Crippen LogP contribution in [0.5, 0.6) is 0 Å². The van der Waals surface area contributed by atoms with Crippen LogP contribution in [0.2, 0.25) is 0 Å². The molecule has 0 aromatic carbocycles. The summed E-state index contributed by atoms with van der Waals surface area (Å²) in [6, 6.07) is -8.17. The van der Waals surface area contributed by atoms with E-state index in [1.54, 1.807) is 13.8 Å². The van der Waals surface area contributed by atoms with Crippen LogP contribution in [0.25, 0.3) is 0 Å². The highest BCUT2D eigenvalue weighted by Gasteiger charge is 2.40. The zero-order valence-corrected chi connectivity index (χ0v) is 40.3. The van der Waals surface area contributed by atoms with E-state index in [1.165, 1.54) is 9.80 Å². The molecule has 0 unspecified atom stereocenters. The predicted octanol–water partition coefficient (Wildman–Crippen LogP) is -3.04. The number of unbranched alkanes of at least 4 members (excludes halogenated alkanes) is 2. The molecule has 0 aromatic rings. The third kappa shape index (κ3) is 19.6. The lowest BCUT2D eigenvalue weighted by molar-refractivity contribution is -0.142. The summed E-state index contributed by atoms with van der Waals surface area (Å²) in [5.41, 5.74) is 40.0. The maximum Gasteiger partial charge on any atom is 0.246 e. The van der Waals surface area contributed by atoms with Gasteiger partial charge in [0.15, 0.2) is 5.96 Å². The van der Waals surface area contributed by atoms with Crippen molar-refractivity contribution in [1.29, 1.82) is 0 Å². The van der Waals surface area contributed by atoms with Crippen LogP contribution in [0, 0.1) is 11.8 Å². The molecule has 23 heteroatoms. The van der Waals surface area contributed by atoms with Crippen molar-refractivity contribution in [1.82, 2.24) is 36.4 Å². The molecule has 2 rings (SSSR count). The van der Waals surface area contributed by atoms with Crippen molar-refractivity contribution in [2.75, 3.05) is 39.3 Å². The second kappa shape index (κ2) is 30.3. The molecule has 0 aliphatic carbocycles. The van der Waals surface area contributed by atoms with Crippen LogP contribution in [-0.2, 0) is 38.4 Å². The van der Waals surface area contributed by atoms with E-state index in [9.17, 15) is 38.4 Å². The second-order valence-corrected chi connectivity index (χ2v) is 18.4. The number of aliphatic imine (C=N–C) groups is 1. The molecule has 8 atom stereocenters. The number of hydrogen-bond donors (Lipinski definition) is 12. The standard InChI is InChI=1S/C44H83N15O8/c1-26(2)25-32(40(64)57-35(27(3)4)43(67)58-23-11-17-33(58)36(49)60)56-39(63)29(14-5-7-19-45)53-38(62)31(16-10-22-52-44(50)51)54-37(61)30(15-6-8-20-46)55-41(65)34-18-12-24-59(34)42(66)28(48)13-9-21-47/h26-35H,5-25,45-48H2,1-4H3,(H2,49,60)(H,53,62)(H,54,61)(H,55,65)(H,56,63)(H,57,64)(H4,50,51,52)/t28-,29-,30-,31-,32-,33+,34+,35-/m0/s1.